The summed E-state index contributed by atoms with van der Waals surface area (Å²) in [7, 11) is 0. The Morgan fingerprint density at radius 2 is 1.82 bits per heavy atom. The second-order valence-electron chi connectivity index (χ2n) is 12.3. The van der Waals surface area contributed by atoms with Crippen molar-refractivity contribution in [2.75, 3.05) is 18.5 Å². The van der Waals surface area contributed by atoms with Crippen LogP contribution in [0.5, 0.6) is 0 Å². The fraction of sp³-hybridized carbons (Fsp3) is 0.457. The van der Waals surface area contributed by atoms with Gasteiger partial charge in [-0.3, -0.25) is 14.4 Å². The van der Waals surface area contributed by atoms with Gasteiger partial charge in [0.2, 0.25) is 5.91 Å². The lowest BCUT2D eigenvalue weighted by atomic mass is 9.91. The monoisotopic (exact) mass is 595 g/mol. The Morgan fingerprint density at radius 1 is 1.05 bits per heavy atom. The molecule has 0 unspecified atom stereocenters. The minimum atomic E-state index is -0.858. The first-order chi connectivity index (χ1) is 21.5. The number of nitrogens with zero attached hydrogens (tertiary/aromatic N) is 4. The zero-order valence-electron chi connectivity index (χ0n) is 25.3. The molecular weight excluding hydrogens is 554 g/mol. The molecule has 1 saturated heterocycles. The van der Waals surface area contributed by atoms with E-state index in [1.807, 2.05) is 60.7 Å². The summed E-state index contributed by atoms with van der Waals surface area (Å²) in [5, 5.41) is 12.8. The first-order valence-electron chi connectivity index (χ1n) is 15.9. The topological polar surface area (TPSA) is 106 Å². The van der Waals surface area contributed by atoms with Crippen LogP contribution in [-0.2, 0) is 19.1 Å². The van der Waals surface area contributed by atoms with Crippen molar-refractivity contribution < 1.29 is 19.1 Å². The Balaban J connectivity index is 1.31. The Labute approximate surface area is 258 Å². The summed E-state index contributed by atoms with van der Waals surface area (Å²) in [5.41, 5.74) is 1.71. The molecule has 2 fully saturated rings. The number of amides is 1. The zero-order valence-corrected chi connectivity index (χ0v) is 25.3. The first kappa shape index (κ1) is 29.8. The minimum Gasteiger partial charge on any atom is -0.466 e. The number of rotatable bonds is 6. The number of nitrogens with one attached hydrogen (secondary N) is 1. The molecule has 3 aromatic rings. The number of ether oxygens (including phenoxy) is 1. The van der Waals surface area contributed by atoms with E-state index in [9.17, 15) is 14.4 Å². The Bertz CT molecular complexity index is 1490. The predicted octanol–water partition coefficient (Wildman–Crippen LogP) is 5.62. The molecule has 3 heterocycles. The summed E-state index contributed by atoms with van der Waals surface area (Å²) in [4.78, 5) is 45.2. The fourth-order valence-corrected chi connectivity index (χ4v) is 6.76. The lowest BCUT2D eigenvalue weighted by Gasteiger charge is -2.30. The van der Waals surface area contributed by atoms with Crippen molar-refractivity contribution in [1.82, 2.24) is 19.9 Å². The fourth-order valence-electron chi connectivity index (χ4n) is 6.76. The molecular formula is C35H41N5O4. The second-order valence-corrected chi connectivity index (χ2v) is 12.3. The van der Waals surface area contributed by atoms with Crippen molar-refractivity contribution in [3.63, 3.8) is 0 Å². The van der Waals surface area contributed by atoms with Gasteiger partial charge in [0.15, 0.2) is 5.78 Å². The van der Waals surface area contributed by atoms with Crippen LogP contribution in [0.3, 0.4) is 0 Å². The van der Waals surface area contributed by atoms with E-state index >= 15 is 0 Å². The van der Waals surface area contributed by atoms with Crippen LogP contribution in [0.1, 0.15) is 64.3 Å². The predicted molar refractivity (Wildman–Crippen MR) is 167 cm³/mol. The average molecular weight is 596 g/mol. The highest BCUT2D eigenvalue weighted by atomic mass is 16.5. The van der Waals surface area contributed by atoms with Gasteiger partial charge in [0.25, 0.3) is 0 Å². The summed E-state index contributed by atoms with van der Waals surface area (Å²) in [6.07, 6.45) is 11.5. The molecule has 9 heteroatoms. The number of allylic oxidation sites excluding steroid dienone is 2. The van der Waals surface area contributed by atoms with Gasteiger partial charge in [-0.15, -0.1) is 0 Å². The molecule has 1 saturated carbocycles. The molecule has 5 atom stereocenters. The van der Waals surface area contributed by atoms with E-state index in [2.05, 4.69) is 22.6 Å². The normalized spacial score (nSPS) is 28.2. The number of para-hydroxylation sites is 1. The van der Waals surface area contributed by atoms with Gasteiger partial charge in [0.1, 0.15) is 11.7 Å². The minimum absolute atomic E-state index is 0.0225. The van der Waals surface area contributed by atoms with Gasteiger partial charge in [-0.1, -0.05) is 73.5 Å². The molecule has 0 bridgehead atoms. The van der Waals surface area contributed by atoms with Gasteiger partial charge < -0.3 is 15.0 Å². The van der Waals surface area contributed by atoms with Gasteiger partial charge in [-0.2, -0.15) is 15.0 Å². The van der Waals surface area contributed by atoms with E-state index in [0.29, 0.717) is 25.8 Å². The van der Waals surface area contributed by atoms with Crippen LogP contribution < -0.4 is 5.32 Å². The van der Waals surface area contributed by atoms with Crippen molar-refractivity contribution in [2.24, 2.45) is 11.3 Å². The molecule has 1 amide bonds. The van der Waals surface area contributed by atoms with Gasteiger partial charge in [-0.25, -0.2) is 0 Å². The molecule has 0 spiro atoms. The Morgan fingerprint density at radius 3 is 2.59 bits per heavy atom. The maximum Gasteiger partial charge on any atom is 0.313 e. The average Bonchev–Trinajstić information content (AvgIpc) is 3.36. The standard InChI is InChI=1S/C35H41N5O4/c1-2-44-34(43)35-21-26(35)16-10-4-3-5-13-19-29(37-27-17-11-7-12-18-27)33(42)39-24-28(20-31(39)32(41)22-35)40-36-23-30(38-40)25-14-8-6-9-15-25/h6-12,14-18,23,26,28-29,31,37H,2-5,13,19-22,24H2,1H3/b16-10-/t26-,28+,29-,31-,35+/m0/s1. The van der Waals surface area contributed by atoms with E-state index in [-0.39, 0.29) is 42.6 Å². The van der Waals surface area contributed by atoms with E-state index < -0.39 is 17.5 Å². The van der Waals surface area contributed by atoms with Crippen LogP contribution in [0.2, 0.25) is 0 Å². The van der Waals surface area contributed by atoms with Crippen LogP contribution in [0.4, 0.5) is 5.69 Å². The molecule has 1 aromatic heterocycles. The first-order valence-corrected chi connectivity index (χ1v) is 15.9. The van der Waals surface area contributed by atoms with E-state index in [0.717, 1.165) is 42.6 Å². The molecule has 44 heavy (non-hydrogen) atoms. The van der Waals surface area contributed by atoms with E-state index in [1.165, 1.54) is 0 Å². The molecule has 1 N–H and O–H groups in total. The summed E-state index contributed by atoms with van der Waals surface area (Å²) in [5.74, 6) is -0.542. The number of Topliss-reactive ketones (excluding diaryl/α,β-unsaturated/α-hetero) is 1. The highest BCUT2D eigenvalue weighted by Gasteiger charge is 2.61. The number of hydrogen-bond donors (Lipinski definition) is 1. The number of carbonyl (C=O) groups is 3. The number of hydrogen-bond acceptors (Lipinski definition) is 7. The molecule has 2 aliphatic heterocycles. The molecule has 0 radical (unpaired) electrons. The lowest BCUT2D eigenvalue weighted by Crippen LogP contribution is -2.48. The molecule has 6 rings (SSSR count). The van der Waals surface area contributed by atoms with Crippen molar-refractivity contribution in [2.45, 2.75) is 76.4 Å². The van der Waals surface area contributed by atoms with Gasteiger partial charge in [-0.05, 0) is 50.7 Å². The summed E-state index contributed by atoms with van der Waals surface area (Å²) in [6, 6.07) is 18.1. The van der Waals surface area contributed by atoms with Crippen molar-refractivity contribution in [3.8, 4) is 11.3 Å². The number of fused-ring (bicyclic) bond motifs is 2. The molecule has 9 nitrogen and oxygen atoms in total. The van der Waals surface area contributed by atoms with Crippen LogP contribution >= 0.6 is 0 Å². The van der Waals surface area contributed by atoms with Gasteiger partial charge in [0, 0.05) is 30.6 Å². The SMILES string of the molecule is CCOC(=O)[C@]12CC(=O)[C@@H]3C[C@@H](n4ncc(-c5ccccc5)n4)CN3C(=O)[C@@H](Nc3ccccc3)CCCCC/C=C\[C@H]1C2. The summed E-state index contributed by atoms with van der Waals surface area (Å²) in [6.45, 7) is 2.38. The Kier molecular flexibility index (Phi) is 8.91. The van der Waals surface area contributed by atoms with Crippen LogP contribution in [0, 0.1) is 11.3 Å². The number of anilines is 1. The number of esters is 1. The van der Waals surface area contributed by atoms with Gasteiger partial charge >= 0.3 is 5.97 Å². The quantitative estimate of drug-likeness (QED) is 0.291. The summed E-state index contributed by atoms with van der Waals surface area (Å²) >= 11 is 0. The molecule has 1 aliphatic carbocycles. The number of aromatic nitrogens is 3. The zero-order chi connectivity index (χ0) is 30.5. The Hall–Kier alpha value is -4.27. The smallest absolute Gasteiger partial charge is 0.313 e. The molecule has 3 aliphatic rings. The van der Waals surface area contributed by atoms with Gasteiger partial charge in [0.05, 0.1) is 30.3 Å². The van der Waals surface area contributed by atoms with Crippen molar-refractivity contribution in [3.05, 3.63) is 79.0 Å². The highest BCUT2D eigenvalue weighted by molar-refractivity contribution is 5.96. The van der Waals surface area contributed by atoms with Crippen molar-refractivity contribution >= 4 is 23.3 Å². The van der Waals surface area contributed by atoms with Crippen LogP contribution in [-0.4, -0.2) is 62.8 Å². The maximum atomic E-state index is 14.4. The maximum absolute atomic E-state index is 14.4. The number of benzene rings is 2. The lowest BCUT2D eigenvalue weighted by molar-refractivity contribution is -0.152. The van der Waals surface area contributed by atoms with Crippen LogP contribution in [0.25, 0.3) is 11.3 Å². The molecule has 230 valence electrons. The van der Waals surface area contributed by atoms with E-state index in [1.54, 1.807) is 22.8 Å². The van der Waals surface area contributed by atoms with Crippen LogP contribution in [0.15, 0.2) is 79.0 Å². The highest BCUT2D eigenvalue weighted by Crippen LogP contribution is 2.57. The second kappa shape index (κ2) is 13.2. The number of ketones is 1. The number of carbonyl (C=O) groups excluding carboxylic acids is 3. The largest absolute Gasteiger partial charge is 0.466 e. The third-order valence-electron chi connectivity index (χ3n) is 9.29. The van der Waals surface area contributed by atoms with Crippen molar-refractivity contribution in [1.29, 1.82) is 0 Å². The third kappa shape index (κ3) is 6.32. The summed E-state index contributed by atoms with van der Waals surface area (Å²) < 4.78 is 5.47. The van der Waals surface area contributed by atoms with E-state index in [4.69, 9.17) is 9.84 Å². The third-order valence-corrected chi connectivity index (χ3v) is 9.29. The molecule has 2 aromatic carbocycles.